The van der Waals surface area contributed by atoms with Gasteiger partial charge in [-0.3, -0.25) is 22.8 Å². The molecule has 20 heteroatoms. The minimum atomic E-state index is -5.16. The first-order chi connectivity index (χ1) is 53.4. The Kier molecular flexibility index (Phi) is 11.6. The Labute approximate surface area is 629 Å². The topological polar surface area (TPSA) is 264 Å². The summed E-state index contributed by atoms with van der Waals surface area (Å²) in [6, 6.07) is 53.7. The fraction of sp³-hybridized carbons (Fsp3) is 0.0769. The second kappa shape index (κ2) is 20.2. The lowest BCUT2D eigenvalue weighted by Crippen LogP contribution is -2.29. The Hall–Kier alpha value is -11.4. The SMILES string of the molecule is CCCc1cccc2c(S(=O)(=O)O)c3cc4cc5cc6c(S(=O)(=O)O)cc7c8c(cc9c%10ccc%11c%12c%10c(c5c5c4c(c3cc12)=CC(=C(OS(=O)O)C=%11)C5%12)c6c97)c1ccc2cc(S(=O)(=O)O)c3ccc4cc(-c5ccc6c7cccc9c(CCC)cc%10c(S(=O)(=O)O)cc%11ccc5c6c%11c%10c97)c5ccc8c6c5c4c3c2c16. The van der Waals surface area contributed by atoms with Crippen LogP contribution in [-0.4, -0.2) is 60.6 Å². The van der Waals surface area contributed by atoms with Gasteiger partial charge in [-0.2, -0.15) is 37.9 Å². The number of fused-ring (bicyclic) bond motifs is 9. The van der Waals surface area contributed by atoms with Crippen LogP contribution in [0.3, 0.4) is 0 Å². The predicted molar refractivity (Wildman–Crippen MR) is 445 cm³/mol. The summed E-state index contributed by atoms with van der Waals surface area (Å²) in [5, 5.41) is 28.5. The van der Waals surface area contributed by atoms with Crippen LogP contribution in [0.5, 0.6) is 0 Å². The van der Waals surface area contributed by atoms with Crippen molar-refractivity contribution < 1.29 is 64.8 Å². The van der Waals surface area contributed by atoms with Gasteiger partial charge < -0.3 is 4.18 Å². The van der Waals surface area contributed by atoms with E-state index in [0.29, 0.717) is 110 Å². The molecule has 0 amide bonds. The monoisotopic (exact) mass is 1540 g/mol. The van der Waals surface area contributed by atoms with Crippen LogP contribution in [0.25, 0.3) is 239 Å². The van der Waals surface area contributed by atoms with E-state index in [1.54, 1.807) is 48.5 Å². The highest BCUT2D eigenvalue weighted by Crippen LogP contribution is 2.61. The molecule has 0 aromatic heterocycles. The molecule has 0 aliphatic heterocycles. The fourth-order valence-electron chi connectivity index (χ4n) is 22.0. The predicted octanol–water partition coefficient (Wildman–Crippen LogP) is 20.4. The van der Waals surface area contributed by atoms with Gasteiger partial charge in [0.25, 0.3) is 40.5 Å². The third-order valence-corrected chi connectivity index (χ3v) is 29.6. The molecule has 0 radical (unpaired) electrons. The van der Waals surface area contributed by atoms with Gasteiger partial charge in [0.1, 0.15) is 25.3 Å². The summed E-state index contributed by atoms with van der Waals surface area (Å²) in [5.41, 5.74) is 5.61. The third-order valence-electron chi connectivity index (χ3n) is 25.6. The van der Waals surface area contributed by atoms with Gasteiger partial charge in [-0.15, -0.1) is 0 Å². The van der Waals surface area contributed by atoms with Crippen LogP contribution in [0.2, 0.25) is 0 Å². The molecule has 0 bridgehead atoms. The highest BCUT2D eigenvalue weighted by Gasteiger charge is 2.41. The van der Waals surface area contributed by atoms with Crippen molar-refractivity contribution in [3.8, 4) is 11.1 Å². The smallest absolute Gasteiger partial charge is 0.357 e. The molecule has 534 valence electrons. The van der Waals surface area contributed by atoms with Gasteiger partial charge in [0.05, 0.1) is 0 Å². The summed E-state index contributed by atoms with van der Waals surface area (Å²) >= 11 is -2.82. The number of benzene rings is 22. The number of allylic oxidation sites excluding steroid dienone is 2. The lowest BCUT2D eigenvalue weighted by atomic mass is 9.67. The average molecular weight is 1540 g/mol. The number of rotatable bonds is 11. The first kappa shape index (κ1) is 63.4. The maximum absolute atomic E-state index is 14.9. The van der Waals surface area contributed by atoms with E-state index in [1.807, 2.05) is 85.8 Å². The van der Waals surface area contributed by atoms with Gasteiger partial charge in [0, 0.05) is 54.6 Å². The average Bonchev–Trinajstić information content (AvgIpc) is 0.655. The summed E-state index contributed by atoms with van der Waals surface area (Å²) < 4.78 is 188. The van der Waals surface area contributed by atoms with Gasteiger partial charge >= 0.3 is 11.4 Å². The number of hydrogen-bond acceptors (Lipinski definition) is 10. The zero-order valence-corrected chi connectivity index (χ0v) is 62.2. The zero-order chi connectivity index (χ0) is 75.1. The minimum absolute atomic E-state index is 0.101. The summed E-state index contributed by atoms with van der Waals surface area (Å²) in [6.07, 6.45) is 6.46. The molecule has 0 heterocycles. The van der Waals surface area contributed by atoms with E-state index < -0.39 is 57.8 Å². The van der Waals surface area contributed by atoms with E-state index in [9.17, 15) is 60.6 Å². The van der Waals surface area contributed by atoms with Gasteiger partial charge in [0.15, 0.2) is 0 Å². The van der Waals surface area contributed by atoms with Crippen molar-refractivity contribution in [1.29, 1.82) is 0 Å². The maximum Gasteiger partial charge on any atom is 0.357 e. The molecule has 15 nitrogen and oxygen atoms in total. The molecule has 0 saturated carbocycles. The molecule has 22 aromatic rings. The van der Waals surface area contributed by atoms with Crippen molar-refractivity contribution in [1.82, 2.24) is 0 Å². The van der Waals surface area contributed by atoms with Gasteiger partial charge in [0.2, 0.25) is 0 Å². The normalized spacial score (nSPS) is 15.4. The van der Waals surface area contributed by atoms with Crippen molar-refractivity contribution in [2.24, 2.45) is 0 Å². The standard InChI is InChI=1S/C91H50O15S5/c1-3-7-37-9-5-12-53-56(37)33-58-61-35-63-67(106-107(92)93)30-40-13-18-52-60-34-59-51-19-15-42-31-68(108(94,95)96)54-20-16-39-27-57(46-21-22-49-47-11-6-10-45-38(8-4-2)26-64-69(109(97,98)99)32-41-14-17-48(46)79(49)72(41)87(64)78(45)47)50-23-24-55(85-81(50)73(39)84(54)75(42)82(51)85)77(59)66-36-70(110(100,101)102)65-29-44-25-43(28-62(58)91(53)111(103,104)105)71(61)89-76(44)90(88(65)80(60)66)83(52)74(40)86(63)89/h5-6,9-36,86H,3-4,7-8H2,1-2H3,(H,92,93)(H,94,95,96)(H,97,98,99)(H,100,101,102)(H,103,104,105). The molecule has 5 N–H and O–H groups in total. The summed E-state index contributed by atoms with van der Waals surface area (Å²) in [7, 11) is -19.7. The van der Waals surface area contributed by atoms with E-state index >= 15 is 0 Å². The second-order valence-corrected chi connectivity index (χ2v) is 37.0. The highest BCUT2D eigenvalue weighted by molar-refractivity contribution is 7.87. The molecule has 0 fully saturated rings. The van der Waals surface area contributed by atoms with Crippen molar-refractivity contribution in [2.45, 2.75) is 65.0 Å². The molecule has 3 aliphatic rings. The van der Waals surface area contributed by atoms with E-state index in [0.717, 1.165) is 170 Å². The molecular formula is C91H50O15S5. The zero-order valence-electron chi connectivity index (χ0n) is 58.1. The van der Waals surface area contributed by atoms with Crippen molar-refractivity contribution in [3.05, 3.63) is 214 Å². The molecule has 3 aliphatic carbocycles. The molecule has 2 unspecified atom stereocenters. The van der Waals surface area contributed by atoms with Crippen molar-refractivity contribution >= 4 is 279 Å². The van der Waals surface area contributed by atoms with Crippen LogP contribution >= 0.6 is 0 Å². The van der Waals surface area contributed by atoms with Gasteiger partial charge in [-0.25, -0.2) is 0 Å². The Morgan fingerprint density at radius 3 is 1.59 bits per heavy atom. The van der Waals surface area contributed by atoms with Crippen LogP contribution < -0.4 is 10.4 Å². The first-order valence-electron chi connectivity index (χ1n) is 36.5. The van der Waals surface area contributed by atoms with Gasteiger partial charge in [-0.1, -0.05) is 136 Å². The molecule has 111 heavy (non-hydrogen) atoms. The minimum Gasteiger partial charge on any atom is -0.380 e. The lowest BCUT2D eigenvalue weighted by molar-refractivity contribution is 0.399. The largest absolute Gasteiger partial charge is 0.380 e. The molecule has 22 aromatic carbocycles. The molecule has 0 spiro atoms. The Morgan fingerprint density at radius 2 is 0.847 bits per heavy atom. The van der Waals surface area contributed by atoms with Crippen LogP contribution in [0, 0.1) is 0 Å². The molecule has 25 rings (SSSR count). The summed E-state index contributed by atoms with van der Waals surface area (Å²) in [6.45, 7) is 4.11. The van der Waals surface area contributed by atoms with Gasteiger partial charge in [-0.05, 0) is 302 Å². The van der Waals surface area contributed by atoms with E-state index in [1.165, 1.54) is 6.07 Å². The summed E-state index contributed by atoms with van der Waals surface area (Å²) in [4.78, 5) is -1.08. The molecular weight excluding hydrogens is 1490 g/mol. The van der Waals surface area contributed by atoms with Crippen LogP contribution in [-0.2, 0) is 68.9 Å². The first-order valence-corrected chi connectivity index (χ1v) is 43.3. The molecule has 2 atom stereocenters. The van der Waals surface area contributed by atoms with Crippen molar-refractivity contribution in [2.75, 3.05) is 0 Å². The van der Waals surface area contributed by atoms with Crippen LogP contribution in [0.1, 0.15) is 54.9 Å². The Morgan fingerprint density at radius 1 is 0.333 bits per heavy atom. The second-order valence-electron chi connectivity index (χ2n) is 30.8. The lowest BCUT2D eigenvalue weighted by Gasteiger charge is -2.36. The van der Waals surface area contributed by atoms with Crippen LogP contribution in [0.15, 0.2) is 201 Å². The summed E-state index contributed by atoms with van der Waals surface area (Å²) in [5.74, 6) is -0.586. The number of aryl methyl sites for hydroxylation is 2. The van der Waals surface area contributed by atoms with E-state index in [2.05, 4.69) is 55.5 Å². The molecule has 0 saturated heterocycles. The maximum atomic E-state index is 14.9. The van der Waals surface area contributed by atoms with Crippen LogP contribution in [0.4, 0.5) is 0 Å². The van der Waals surface area contributed by atoms with E-state index in [4.69, 9.17) is 4.18 Å². The van der Waals surface area contributed by atoms with E-state index in [-0.39, 0.29) is 36.1 Å². The number of hydrogen-bond donors (Lipinski definition) is 5. The quantitative estimate of drug-likeness (QED) is 0.0349. The highest BCUT2D eigenvalue weighted by atomic mass is 32.2. The third kappa shape index (κ3) is 7.58. The fourth-order valence-corrected chi connectivity index (χ4v) is 25.4. The Balaban J connectivity index is 0.862. The Bertz CT molecular complexity index is 9170. The van der Waals surface area contributed by atoms with Crippen molar-refractivity contribution in [3.63, 3.8) is 0 Å².